The summed E-state index contributed by atoms with van der Waals surface area (Å²) in [5.74, 6) is -4.85. The minimum Gasteiger partial charge on any atom is -0.478 e. The van der Waals surface area contributed by atoms with Gasteiger partial charge >= 0.3 is 23.9 Å². The fourth-order valence-electron chi connectivity index (χ4n) is 4.35. The van der Waals surface area contributed by atoms with Gasteiger partial charge in [0.25, 0.3) is 0 Å². The third kappa shape index (κ3) is 9.65. The highest BCUT2D eigenvalue weighted by Crippen LogP contribution is 2.26. The molecule has 0 bridgehead atoms. The van der Waals surface area contributed by atoms with Gasteiger partial charge < -0.3 is 20.1 Å². The molecule has 8 nitrogen and oxygen atoms in total. The van der Waals surface area contributed by atoms with Gasteiger partial charge in [-0.25, -0.2) is 19.2 Å². The third-order valence-corrected chi connectivity index (χ3v) is 6.51. The van der Waals surface area contributed by atoms with Gasteiger partial charge in [-0.2, -0.15) is 0 Å². The second-order valence-electron chi connectivity index (χ2n) is 9.46. The Kier molecular flexibility index (Phi) is 13.0. The number of aromatic carboxylic acids is 3. The molecule has 8 heteroatoms. The van der Waals surface area contributed by atoms with Gasteiger partial charge in [-0.15, -0.1) is 0 Å². The zero-order chi connectivity index (χ0) is 27.9. The van der Waals surface area contributed by atoms with Crippen molar-refractivity contribution in [2.75, 3.05) is 6.61 Å². The van der Waals surface area contributed by atoms with Crippen molar-refractivity contribution in [1.29, 1.82) is 0 Å². The lowest BCUT2D eigenvalue weighted by molar-refractivity contribution is 0.0487. The molecule has 0 fully saturated rings. The number of carboxylic acids is 3. The van der Waals surface area contributed by atoms with Crippen LogP contribution in [0, 0.1) is 0 Å². The summed E-state index contributed by atoms with van der Waals surface area (Å²) in [6.45, 7) is 2.40. The van der Waals surface area contributed by atoms with E-state index in [0.717, 1.165) is 25.3 Å². The van der Waals surface area contributed by atoms with E-state index in [0.29, 0.717) is 17.5 Å². The predicted octanol–water partition coefficient (Wildman–Crippen LogP) is 7.31. The molecule has 2 rings (SSSR count). The van der Waals surface area contributed by atoms with E-state index in [1.165, 1.54) is 81.7 Å². The van der Waals surface area contributed by atoms with Gasteiger partial charge in [-0.05, 0) is 41.8 Å². The topological polar surface area (TPSA) is 138 Å². The predicted molar refractivity (Wildman–Crippen MR) is 144 cm³/mol. The summed E-state index contributed by atoms with van der Waals surface area (Å²) < 4.78 is 5.34. The normalized spacial score (nSPS) is 10.8. The van der Waals surface area contributed by atoms with E-state index in [2.05, 4.69) is 6.92 Å². The van der Waals surface area contributed by atoms with Crippen molar-refractivity contribution in [2.45, 2.75) is 84.0 Å². The van der Waals surface area contributed by atoms with Crippen LogP contribution in [0.15, 0.2) is 36.4 Å². The Morgan fingerprint density at radius 2 is 0.947 bits per heavy atom. The Morgan fingerprint density at radius 1 is 0.553 bits per heavy atom. The van der Waals surface area contributed by atoms with E-state index in [1.54, 1.807) is 0 Å². The minimum atomic E-state index is -1.41. The van der Waals surface area contributed by atoms with Crippen LogP contribution >= 0.6 is 0 Å². The smallest absolute Gasteiger partial charge is 0.339 e. The summed E-state index contributed by atoms with van der Waals surface area (Å²) in [5.41, 5.74) is -0.452. The molecule has 2 aromatic rings. The zero-order valence-corrected chi connectivity index (χ0v) is 22.0. The molecule has 0 amide bonds. The maximum atomic E-state index is 12.7. The molecule has 0 heterocycles. The minimum absolute atomic E-state index is 0.145. The first kappa shape index (κ1) is 30.5. The molecule has 3 N–H and O–H groups in total. The molecule has 0 aliphatic carbocycles. The standard InChI is InChI=1S/C30H38O8/c1-2-3-4-5-6-7-8-9-10-11-12-13-18-38-30(37)26-20-22(15-17-24(26)28(33)34)21-14-16-23(27(31)32)25(19-21)29(35)36/h14-17,19-20H,2-13,18H2,1H3,(H,31,32)(H,33,34)(H,35,36). The molecule has 2 aromatic carbocycles. The zero-order valence-electron chi connectivity index (χ0n) is 22.0. The number of rotatable bonds is 18. The average Bonchev–Trinajstić information content (AvgIpc) is 2.90. The number of benzene rings is 2. The van der Waals surface area contributed by atoms with Crippen molar-refractivity contribution in [3.8, 4) is 11.1 Å². The first-order chi connectivity index (χ1) is 18.3. The van der Waals surface area contributed by atoms with Gasteiger partial charge in [0.05, 0.1) is 28.9 Å². The fraction of sp³-hybridized carbons (Fsp3) is 0.467. The van der Waals surface area contributed by atoms with Gasteiger partial charge in [0.1, 0.15) is 0 Å². The maximum Gasteiger partial charge on any atom is 0.339 e. The van der Waals surface area contributed by atoms with Crippen molar-refractivity contribution < 1.29 is 39.2 Å². The molecule has 38 heavy (non-hydrogen) atoms. The number of carbonyl (C=O) groups is 4. The molecular weight excluding hydrogens is 488 g/mol. The van der Waals surface area contributed by atoms with E-state index >= 15 is 0 Å². The lowest BCUT2D eigenvalue weighted by Crippen LogP contribution is -2.13. The summed E-state index contributed by atoms with van der Waals surface area (Å²) in [6, 6.07) is 7.78. The van der Waals surface area contributed by atoms with Crippen molar-refractivity contribution >= 4 is 23.9 Å². The van der Waals surface area contributed by atoms with Crippen LogP contribution in [0.5, 0.6) is 0 Å². The number of esters is 1. The van der Waals surface area contributed by atoms with E-state index in [-0.39, 0.29) is 23.3 Å². The number of unbranched alkanes of at least 4 members (excludes halogenated alkanes) is 11. The molecule has 0 unspecified atom stereocenters. The lowest BCUT2D eigenvalue weighted by Gasteiger charge is -2.11. The largest absolute Gasteiger partial charge is 0.478 e. The third-order valence-electron chi connectivity index (χ3n) is 6.51. The van der Waals surface area contributed by atoms with Gasteiger partial charge in [0.2, 0.25) is 0 Å². The fourth-order valence-corrected chi connectivity index (χ4v) is 4.35. The number of carboxylic acid groups (broad SMARTS) is 3. The number of ether oxygens (including phenoxy) is 1. The quantitative estimate of drug-likeness (QED) is 0.136. The Balaban J connectivity index is 1.90. The molecule has 0 saturated carbocycles. The number of hydrogen-bond donors (Lipinski definition) is 3. The summed E-state index contributed by atoms with van der Waals surface area (Å²) in [6.07, 6.45) is 14.1. The molecule has 0 aliphatic rings. The Bertz CT molecular complexity index is 1110. The van der Waals surface area contributed by atoms with E-state index in [4.69, 9.17) is 4.74 Å². The highest BCUT2D eigenvalue weighted by Gasteiger charge is 2.21. The van der Waals surface area contributed by atoms with E-state index in [1.807, 2.05) is 0 Å². The molecular formula is C30H38O8. The average molecular weight is 527 g/mol. The first-order valence-electron chi connectivity index (χ1n) is 13.4. The van der Waals surface area contributed by atoms with Crippen LogP contribution in [-0.2, 0) is 4.74 Å². The molecule has 0 aliphatic heterocycles. The van der Waals surface area contributed by atoms with Gasteiger partial charge in [0, 0.05) is 0 Å². The van der Waals surface area contributed by atoms with Gasteiger partial charge in [-0.3, -0.25) is 0 Å². The van der Waals surface area contributed by atoms with Gasteiger partial charge in [0.15, 0.2) is 0 Å². The molecule has 0 aromatic heterocycles. The van der Waals surface area contributed by atoms with Crippen molar-refractivity contribution in [3.05, 3.63) is 58.7 Å². The molecule has 206 valence electrons. The number of hydrogen-bond acceptors (Lipinski definition) is 5. The van der Waals surface area contributed by atoms with Crippen LogP contribution in [-0.4, -0.2) is 45.8 Å². The van der Waals surface area contributed by atoms with Crippen LogP contribution in [0.3, 0.4) is 0 Å². The van der Waals surface area contributed by atoms with Crippen molar-refractivity contribution in [3.63, 3.8) is 0 Å². The lowest BCUT2D eigenvalue weighted by atomic mass is 9.96. The van der Waals surface area contributed by atoms with Crippen LogP contribution in [0.4, 0.5) is 0 Å². The summed E-state index contributed by atoms with van der Waals surface area (Å²) >= 11 is 0. The Hall–Kier alpha value is -3.68. The second kappa shape index (κ2) is 16.2. The molecule has 0 radical (unpaired) electrons. The Labute approximate surface area is 223 Å². The first-order valence-corrected chi connectivity index (χ1v) is 13.4. The van der Waals surface area contributed by atoms with E-state index < -0.39 is 29.4 Å². The summed E-state index contributed by atoms with van der Waals surface area (Å²) in [7, 11) is 0. The number of carbonyl (C=O) groups excluding carboxylic acids is 1. The van der Waals surface area contributed by atoms with Crippen LogP contribution in [0.2, 0.25) is 0 Å². The molecule has 0 saturated heterocycles. The second-order valence-corrected chi connectivity index (χ2v) is 9.46. The monoisotopic (exact) mass is 526 g/mol. The SMILES string of the molecule is CCCCCCCCCCCCCCOC(=O)c1cc(-c2ccc(C(=O)O)c(C(=O)O)c2)ccc1C(=O)O. The molecule has 0 spiro atoms. The van der Waals surface area contributed by atoms with E-state index in [9.17, 15) is 34.5 Å². The summed E-state index contributed by atoms with van der Waals surface area (Å²) in [5, 5.41) is 28.1. The van der Waals surface area contributed by atoms with Crippen LogP contribution in [0.25, 0.3) is 11.1 Å². The highest BCUT2D eigenvalue weighted by molar-refractivity contribution is 6.05. The molecule has 0 atom stereocenters. The summed E-state index contributed by atoms with van der Waals surface area (Å²) in [4.78, 5) is 47.2. The van der Waals surface area contributed by atoms with Crippen molar-refractivity contribution in [1.82, 2.24) is 0 Å². The van der Waals surface area contributed by atoms with Crippen LogP contribution < -0.4 is 0 Å². The van der Waals surface area contributed by atoms with Crippen LogP contribution in [0.1, 0.15) is 125 Å². The van der Waals surface area contributed by atoms with Crippen molar-refractivity contribution in [2.24, 2.45) is 0 Å². The highest BCUT2D eigenvalue weighted by atomic mass is 16.5. The maximum absolute atomic E-state index is 12.7. The Morgan fingerprint density at radius 3 is 1.39 bits per heavy atom. The van der Waals surface area contributed by atoms with Gasteiger partial charge in [-0.1, -0.05) is 89.7 Å².